The third kappa shape index (κ3) is 3.88. The smallest absolute Gasteiger partial charge is 0.253 e. The second kappa shape index (κ2) is 9.71. The summed E-state index contributed by atoms with van der Waals surface area (Å²) >= 11 is 0. The standard InChI is InChI=1S/C31H32N2O5/c1-3-4-5-8-14-32(2)29(34)22-11-9-10-21(15-22)18-33-25-13-7-6-12-23(25)31(30(33)35)19-36-26-17-28-27(16-24(26)31)37-20-38-28/h6-7,9-13,15-17H,3-5,8,14,18-20H2,1-2H3. The number of carbonyl (C=O) groups excluding carboxylic acids is 2. The molecule has 7 heteroatoms. The molecule has 3 heterocycles. The monoisotopic (exact) mass is 512 g/mol. The van der Waals surface area contributed by atoms with Gasteiger partial charge in [-0.15, -0.1) is 0 Å². The summed E-state index contributed by atoms with van der Waals surface area (Å²) in [6.45, 7) is 3.66. The third-order valence-electron chi connectivity index (χ3n) is 7.85. The van der Waals surface area contributed by atoms with Crippen molar-refractivity contribution in [3.63, 3.8) is 0 Å². The number of benzene rings is 3. The van der Waals surface area contributed by atoms with E-state index in [0.29, 0.717) is 29.4 Å². The summed E-state index contributed by atoms with van der Waals surface area (Å²) in [5.74, 6) is 1.87. The number of hydrogen-bond donors (Lipinski definition) is 0. The molecule has 0 saturated heterocycles. The van der Waals surface area contributed by atoms with Crippen LogP contribution in [-0.2, 0) is 16.8 Å². The normalized spacial score (nSPS) is 18.5. The van der Waals surface area contributed by atoms with Gasteiger partial charge in [0.15, 0.2) is 11.5 Å². The van der Waals surface area contributed by atoms with Crippen LogP contribution in [0.4, 0.5) is 5.69 Å². The van der Waals surface area contributed by atoms with Gasteiger partial charge in [0.2, 0.25) is 12.7 Å². The fraction of sp³-hybridized carbons (Fsp3) is 0.355. The summed E-state index contributed by atoms with van der Waals surface area (Å²) in [5, 5.41) is 0. The highest BCUT2D eigenvalue weighted by Crippen LogP contribution is 2.55. The lowest BCUT2D eigenvalue weighted by Crippen LogP contribution is -2.42. The number of amides is 2. The van der Waals surface area contributed by atoms with Crippen LogP contribution in [0.15, 0.2) is 60.7 Å². The van der Waals surface area contributed by atoms with Crippen molar-refractivity contribution in [1.29, 1.82) is 0 Å². The SMILES string of the molecule is CCCCCCN(C)C(=O)c1cccc(CN2C(=O)C3(COc4cc5c(cc43)OCO5)c3ccccc32)c1. The van der Waals surface area contributed by atoms with E-state index in [1.165, 1.54) is 12.8 Å². The van der Waals surface area contributed by atoms with Crippen molar-refractivity contribution in [2.45, 2.75) is 44.6 Å². The zero-order valence-electron chi connectivity index (χ0n) is 21.9. The van der Waals surface area contributed by atoms with Gasteiger partial charge < -0.3 is 24.0 Å². The Kier molecular flexibility index (Phi) is 6.22. The van der Waals surface area contributed by atoms with Gasteiger partial charge in [-0.1, -0.05) is 56.5 Å². The fourth-order valence-corrected chi connectivity index (χ4v) is 5.80. The van der Waals surface area contributed by atoms with Gasteiger partial charge in [0.05, 0.1) is 6.54 Å². The van der Waals surface area contributed by atoms with E-state index in [0.717, 1.165) is 41.8 Å². The van der Waals surface area contributed by atoms with Gasteiger partial charge in [-0.25, -0.2) is 0 Å². The highest BCUT2D eigenvalue weighted by atomic mass is 16.7. The lowest BCUT2D eigenvalue weighted by atomic mass is 9.77. The van der Waals surface area contributed by atoms with E-state index in [4.69, 9.17) is 14.2 Å². The minimum absolute atomic E-state index is 0.00200. The maximum atomic E-state index is 14.3. The van der Waals surface area contributed by atoms with E-state index in [-0.39, 0.29) is 25.2 Å². The zero-order chi connectivity index (χ0) is 26.3. The number of nitrogens with zero attached hydrogens (tertiary/aromatic N) is 2. The molecule has 38 heavy (non-hydrogen) atoms. The Balaban J connectivity index is 1.28. The van der Waals surface area contributed by atoms with Gasteiger partial charge in [0, 0.05) is 36.5 Å². The lowest BCUT2D eigenvalue weighted by molar-refractivity contribution is -0.122. The summed E-state index contributed by atoms with van der Waals surface area (Å²) in [7, 11) is 1.86. The predicted molar refractivity (Wildman–Crippen MR) is 144 cm³/mol. The van der Waals surface area contributed by atoms with E-state index in [9.17, 15) is 9.59 Å². The van der Waals surface area contributed by atoms with Crippen LogP contribution in [0.1, 0.15) is 59.7 Å². The van der Waals surface area contributed by atoms with Gasteiger partial charge >= 0.3 is 0 Å². The van der Waals surface area contributed by atoms with Crippen LogP contribution >= 0.6 is 0 Å². The molecule has 3 aromatic rings. The van der Waals surface area contributed by atoms with Crippen molar-refractivity contribution in [2.24, 2.45) is 0 Å². The second-order valence-corrected chi connectivity index (χ2v) is 10.3. The molecular weight excluding hydrogens is 480 g/mol. The van der Waals surface area contributed by atoms with Crippen molar-refractivity contribution in [3.8, 4) is 17.2 Å². The summed E-state index contributed by atoms with van der Waals surface area (Å²) in [6.07, 6.45) is 4.48. The number of unbranched alkanes of at least 4 members (excludes halogenated alkanes) is 3. The number of fused-ring (bicyclic) bond motifs is 5. The van der Waals surface area contributed by atoms with E-state index < -0.39 is 5.41 Å². The van der Waals surface area contributed by atoms with Crippen LogP contribution in [0.3, 0.4) is 0 Å². The van der Waals surface area contributed by atoms with Gasteiger partial charge in [0.25, 0.3) is 5.91 Å². The number of rotatable bonds is 8. The molecule has 0 N–H and O–H groups in total. The molecular formula is C31H32N2O5. The summed E-state index contributed by atoms with van der Waals surface area (Å²) in [6, 6.07) is 19.2. The first-order valence-corrected chi connectivity index (χ1v) is 13.4. The molecule has 2 amide bonds. The van der Waals surface area contributed by atoms with E-state index in [2.05, 4.69) is 6.92 Å². The highest BCUT2D eigenvalue weighted by Gasteiger charge is 2.57. The van der Waals surface area contributed by atoms with Crippen molar-refractivity contribution in [3.05, 3.63) is 82.9 Å². The molecule has 0 radical (unpaired) electrons. The molecule has 1 unspecified atom stereocenters. The molecule has 6 rings (SSSR count). The molecule has 3 aromatic carbocycles. The van der Waals surface area contributed by atoms with Crippen LogP contribution in [0, 0.1) is 0 Å². The molecule has 0 bridgehead atoms. The third-order valence-corrected chi connectivity index (χ3v) is 7.85. The fourth-order valence-electron chi connectivity index (χ4n) is 5.80. The zero-order valence-corrected chi connectivity index (χ0v) is 21.9. The van der Waals surface area contributed by atoms with E-state index in [1.807, 2.05) is 72.6 Å². The summed E-state index contributed by atoms with van der Waals surface area (Å²) in [4.78, 5) is 31.0. The average Bonchev–Trinajstić information content (AvgIpc) is 3.62. The first-order valence-electron chi connectivity index (χ1n) is 13.4. The Hall–Kier alpha value is -4.00. The molecule has 0 fully saturated rings. The minimum atomic E-state index is -0.945. The number of para-hydroxylation sites is 1. The first-order chi connectivity index (χ1) is 18.5. The molecule has 3 aliphatic heterocycles. The van der Waals surface area contributed by atoms with Gasteiger partial charge in [-0.05, 0) is 41.8 Å². The van der Waals surface area contributed by atoms with Crippen LogP contribution in [0.5, 0.6) is 17.2 Å². The van der Waals surface area contributed by atoms with E-state index >= 15 is 0 Å². The molecule has 1 atom stereocenters. The van der Waals surface area contributed by atoms with Crippen LogP contribution in [-0.4, -0.2) is 43.7 Å². The quantitative estimate of drug-likeness (QED) is 0.384. The van der Waals surface area contributed by atoms with Gasteiger partial charge in [-0.2, -0.15) is 0 Å². The van der Waals surface area contributed by atoms with Crippen molar-refractivity contribution in [1.82, 2.24) is 4.90 Å². The van der Waals surface area contributed by atoms with Crippen LogP contribution < -0.4 is 19.1 Å². The minimum Gasteiger partial charge on any atom is -0.491 e. The Bertz CT molecular complexity index is 1400. The Morgan fingerprint density at radius 3 is 2.58 bits per heavy atom. The molecule has 0 aliphatic carbocycles. The van der Waals surface area contributed by atoms with Crippen molar-refractivity contribution < 1.29 is 23.8 Å². The molecule has 0 aromatic heterocycles. The number of ether oxygens (including phenoxy) is 3. The molecule has 0 saturated carbocycles. The van der Waals surface area contributed by atoms with Crippen LogP contribution in [0.2, 0.25) is 0 Å². The molecule has 3 aliphatic rings. The average molecular weight is 513 g/mol. The van der Waals surface area contributed by atoms with Gasteiger partial charge in [-0.3, -0.25) is 9.59 Å². The Morgan fingerprint density at radius 2 is 1.74 bits per heavy atom. The molecule has 196 valence electrons. The highest BCUT2D eigenvalue weighted by molar-refractivity contribution is 6.11. The maximum Gasteiger partial charge on any atom is 0.253 e. The van der Waals surface area contributed by atoms with Gasteiger partial charge in [0.1, 0.15) is 17.8 Å². The lowest BCUT2D eigenvalue weighted by Gasteiger charge is -2.23. The second-order valence-electron chi connectivity index (χ2n) is 10.3. The molecule has 1 spiro atoms. The first kappa shape index (κ1) is 24.3. The largest absolute Gasteiger partial charge is 0.491 e. The number of carbonyl (C=O) groups is 2. The Morgan fingerprint density at radius 1 is 0.921 bits per heavy atom. The predicted octanol–water partition coefficient (Wildman–Crippen LogP) is 5.29. The van der Waals surface area contributed by atoms with Crippen molar-refractivity contribution in [2.75, 3.05) is 31.9 Å². The van der Waals surface area contributed by atoms with Crippen LogP contribution in [0.25, 0.3) is 0 Å². The van der Waals surface area contributed by atoms with Crippen molar-refractivity contribution >= 4 is 17.5 Å². The Labute approximate surface area is 222 Å². The topological polar surface area (TPSA) is 68.3 Å². The van der Waals surface area contributed by atoms with E-state index in [1.54, 1.807) is 4.90 Å². The number of hydrogen-bond acceptors (Lipinski definition) is 5. The maximum absolute atomic E-state index is 14.3. The molecule has 7 nitrogen and oxygen atoms in total. The summed E-state index contributed by atoms with van der Waals surface area (Å²) in [5.41, 5.74) is 3.17. The number of anilines is 1. The summed E-state index contributed by atoms with van der Waals surface area (Å²) < 4.78 is 17.2.